The van der Waals surface area contributed by atoms with Gasteiger partial charge in [-0.15, -0.1) is 0 Å². The summed E-state index contributed by atoms with van der Waals surface area (Å²) in [6.45, 7) is 0. The molecule has 0 atom stereocenters. The van der Waals surface area contributed by atoms with Crippen molar-refractivity contribution in [1.29, 1.82) is 0 Å². The second-order valence-electron chi connectivity index (χ2n) is 11.9. The van der Waals surface area contributed by atoms with Crippen LogP contribution in [0.15, 0.2) is 83.1 Å². The first-order valence-corrected chi connectivity index (χ1v) is 17.7. The number of aromatic nitrogens is 4. The smallest absolute Gasteiger partial charge is 0.411 e. The summed E-state index contributed by atoms with van der Waals surface area (Å²) in [6.07, 6.45) is -12.3. The maximum Gasteiger partial charge on any atom is 0.411 e. The highest BCUT2D eigenvalue weighted by Gasteiger charge is 2.72. The lowest BCUT2D eigenvalue weighted by molar-refractivity contribution is -0.384. The fraction of sp³-hybridized carbons (Fsp3) is 0.152. The van der Waals surface area contributed by atoms with E-state index < -0.39 is 84.9 Å². The number of benzene rings is 4. The molecule has 24 heteroatoms. The van der Waals surface area contributed by atoms with Crippen LogP contribution in [-0.4, -0.2) is 75.7 Å². The molecule has 6 rings (SSSR count). The largest absolute Gasteiger partial charge is 0.506 e. The number of carbonyl (C=O) groups excluding carboxylic acids is 2. The number of imidazole rings is 2. The summed E-state index contributed by atoms with van der Waals surface area (Å²) in [5.74, 6) is -4.84. The van der Waals surface area contributed by atoms with Crippen LogP contribution in [0.4, 0.5) is 49.1 Å². The highest BCUT2D eigenvalue weighted by Crippen LogP contribution is 2.57. The summed E-state index contributed by atoms with van der Waals surface area (Å²) < 4.78 is 88.9. The van der Waals surface area contributed by atoms with Crippen molar-refractivity contribution in [3.63, 3.8) is 0 Å². The molecule has 2 amide bonds. The molecule has 4 aromatic carbocycles. The third-order valence-corrected chi connectivity index (χ3v) is 10.00. The lowest BCUT2D eigenvalue weighted by atomic mass is 9.72. The standard InChI is InChI=1S/C33H22F6N8O8S2/c34-32(35,36)31(33(37,38)39,15-1-5-21(25(48)9-15)40-27(50)13-56-29-42-19-7-3-17(46(52)53)11-23(19)44-29)16-2-6-22(26(49)10-16)41-28(51)14-57-30-43-20-8-4-18(47(54)55)12-24(20)45-30/h1-12,48-49H,13-14H2,(H,40,50)(H,41,51)(H,42,44)(H,43,45). The van der Waals surface area contributed by atoms with Gasteiger partial charge >= 0.3 is 12.4 Å². The Morgan fingerprint density at radius 1 is 0.649 bits per heavy atom. The first kappa shape index (κ1) is 40.1. The van der Waals surface area contributed by atoms with Gasteiger partial charge in [-0.3, -0.25) is 29.8 Å². The summed E-state index contributed by atoms with van der Waals surface area (Å²) in [7, 11) is 0. The number of anilines is 2. The van der Waals surface area contributed by atoms with Gasteiger partial charge in [0.05, 0.1) is 54.8 Å². The number of amides is 2. The lowest BCUT2D eigenvalue weighted by Crippen LogP contribution is -2.54. The number of non-ortho nitro benzene ring substituents is 2. The zero-order valence-corrected chi connectivity index (χ0v) is 29.7. The Kier molecular flexibility index (Phi) is 10.7. The van der Waals surface area contributed by atoms with Gasteiger partial charge < -0.3 is 30.8 Å². The van der Waals surface area contributed by atoms with Gasteiger partial charge in [-0.05, 0) is 47.5 Å². The van der Waals surface area contributed by atoms with Crippen LogP contribution < -0.4 is 10.6 Å². The predicted molar refractivity (Wildman–Crippen MR) is 193 cm³/mol. The van der Waals surface area contributed by atoms with Crippen molar-refractivity contribution in [3.8, 4) is 11.5 Å². The second kappa shape index (κ2) is 15.2. The van der Waals surface area contributed by atoms with E-state index in [1.165, 1.54) is 36.4 Å². The maximum absolute atomic E-state index is 14.8. The number of thioether (sulfide) groups is 2. The average Bonchev–Trinajstić information content (AvgIpc) is 3.74. The topological polar surface area (TPSA) is 242 Å². The van der Waals surface area contributed by atoms with Crippen LogP contribution in [0.25, 0.3) is 22.1 Å². The number of H-pyrrole nitrogens is 2. The zero-order chi connectivity index (χ0) is 41.4. The van der Waals surface area contributed by atoms with Gasteiger partial charge in [-0.2, -0.15) is 26.3 Å². The number of hydrogen-bond acceptors (Lipinski definition) is 12. The average molecular weight is 837 g/mol. The number of aromatic hydroxyl groups is 2. The molecule has 0 radical (unpaired) electrons. The summed E-state index contributed by atoms with van der Waals surface area (Å²) in [5, 5.41) is 47.9. The summed E-state index contributed by atoms with van der Waals surface area (Å²) in [4.78, 5) is 59.9. The molecule has 0 bridgehead atoms. The molecule has 0 saturated heterocycles. The fourth-order valence-electron chi connectivity index (χ4n) is 5.68. The first-order valence-electron chi connectivity index (χ1n) is 15.7. The van der Waals surface area contributed by atoms with E-state index in [2.05, 4.69) is 30.6 Å². The van der Waals surface area contributed by atoms with Crippen molar-refractivity contribution in [2.24, 2.45) is 0 Å². The Bertz CT molecular complexity index is 2400. The van der Waals surface area contributed by atoms with Crippen LogP contribution in [0, 0.1) is 20.2 Å². The van der Waals surface area contributed by atoms with E-state index in [4.69, 9.17) is 0 Å². The number of nitro benzene ring substituents is 2. The number of nitro groups is 2. The molecule has 57 heavy (non-hydrogen) atoms. The molecule has 0 aliphatic heterocycles. The van der Waals surface area contributed by atoms with Crippen LogP contribution in [-0.2, 0) is 15.0 Å². The first-order chi connectivity index (χ1) is 26.8. The minimum atomic E-state index is -6.13. The van der Waals surface area contributed by atoms with Gasteiger partial charge in [0, 0.05) is 24.3 Å². The Morgan fingerprint density at radius 2 is 1.04 bits per heavy atom. The van der Waals surface area contributed by atoms with E-state index in [-0.39, 0.29) is 33.8 Å². The van der Waals surface area contributed by atoms with E-state index in [0.717, 1.165) is 23.5 Å². The number of phenols is 2. The van der Waals surface area contributed by atoms with Crippen LogP contribution in [0.1, 0.15) is 11.1 Å². The number of rotatable bonds is 12. The number of fused-ring (bicyclic) bond motifs is 2. The summed E-state index contributed by atoms with van der Waals surface area (Å²) >= 11 is 1.63. The molecule has 0 saturated carbocycles. The molecule has 0 fully saturated rings. The number of nitrogens with one attached hydrogen (secondary N) is 4. The molecule has 0 aliphatic rings. The van der Waals surface area contributed by atoms with Gasteiger partial charge in [0.25, 0.3) is 11.4 Å². The Labute approximate surface area is 321 Å². The quantitative estimate of drug-likeness (QED) is 0.0230. The van der Waals surface area contributed by atoms with Crippen molar-refractivity contribution in [1.82, 2.24) is 19.9 Å². The third-order valence-electron chi connectivity index (χ3n) is 8.25. The van der Waals surface area contributed by atoms with Gasteiger partial charge in [-0.25, -0.2) is 9.97 Å². The van der Waals surface area contributed by atoms with E-state index >= 15 is 0 Å². The molecule has 6 N–H and O–H groups in total. The van der Waals surface area contributed by atoms with Gasteiger partial charge in [0.1, 0.15) is 11.5 Å². The van der Waals surface area contributed by atoms with E-state index in [0.29, 0.717) is 46.3 Å². The van der Waals surface area contributed by atoms with Crippen LogP contribution in [0.5, 0.6) is 11.5 Å². The SMILES string of the molecule is O=C(CSc1nc2ccc([N+](=O)[O-])cc2[nH]1)Nc1ccc(C(c2ccc(NC(=O)CSc3nc4ccc([N+](=O)[O-])cc4[nH]3)c(O)c2)(C(F)(F)F)C(F)(F)F)cc1O. The van der Waals surface area contributed by atoms with Crippen LogP contribution in [0.2, 0.25) is 0 Å². The number of carbonyl (C=O) groups is 2. The highest BCUT2D eigenvalue weighted by molar-refractivity contribution is 8.00. The molecule has 0 spiro atoms. The number of hydrogen-bond donors (Lipinski definition) is 6. The predicted octanol–water partition coefficient (Wildman–Crippen LogP) is 7.54. The summed E-state index contributed by atoms with van der Waals surface area (Å²) in [6, 6.07) is 10.0. The number of phenolic OH excluding ortho intramolecular Hbond substituents is 2. The van der Waals surface area contributed by atoms with Gasteiger partial charge in [0.2, 0.25) is 17.2 Å². The van der Waals surface area contributed by atoms with E-state index in [9.17, 15) is 66.4 Å². The number of halogens is 6. The number of aromatic amines is 2. The molecule has 296 valence electrons. The third kappa shape index (κ3) is 8.07. The minimum Gasteiger partial charge on any atom is -0.506 e. The molecule has 2 heterocycles. The van der Waals surface area contributed by atoms with E-state index in [1.807, 2.05) is 0 Å². The monoisotopic (exact) mass is 836 g/mol. The lowest BCUT2D eigenvalue weighted by Gasteiger charge is -2.38. The molecule has 6 aromatic rings. The maximum atomic E-state index is 14.8. The Balaban J connectivity index is 1.18. The molecule has 0 aliphatic carbocycles. The fourth-order valence-corrected chi connectivity index (χ4v) is 7.05. The van der Waals surface area contributed by atoms with Crippen molar-refractivity contribution in [2.45, 2.75) is 28.1 Å². The molecular formula is C33H22F6N8O8S2. The normalized spacial score (nSPS) is 12.2. The number of nitrogens with zero attached hydrogens (tertiary/aromatic N) is 4. The molecule has 16 nitrogen and oxygen atoms in total. The molecular weight excluding hydrogens is 815 g/mol. The van der Waals surface area contributed by atoms with Crippen molar-refractivity contribution >= 4 is 80.2 Å². The Morgan fingerprint density at radius 3 is 1.37 bits per heavy atom. The van der Waals surface area contributed by atoms with Crippen LogP contribution in [0.3, 0.4) is 0 Å². The molecule has 2 aromatic heterocycles. The van der Waals surface area contributed by atoms with Crippen LogP contribution >= 0.6 is 23.5 Å². The van der Waals surface area contributed by atoms with Crippen molar-refractivity contribution < 1.29 is 56.0 Å². The van der Waals surface area contributed by atoms with Gasteiger partial charge in [-0.1, -0.05) is 35.7 Å². The molecule has 0 unspecified atom stereocenters. The highest BCUT2D eigenvalue weighted by atomic mass is 32.2. The van der Waals surface area contributed by atoms with Gasteiger partial charge in [0.15, 0.2) is 10.3 Å². The second-order valence-corrected chi connectivity index (χ2v) is 13.8. The van der Waals surface area contributed by atoms with Crippen molar-refractivity contribution in [3.05, 3.63) is 104 Å². The summed E-state index contributed by atoms with van der Waals surface area (Å²) in [5.41, 5.74) is -8.12. The minimum absolute atomic E-state index is 0.160. The zero-order valence-electron chi connectivity index (χ0n) is 28.1. The van der Waals surface area contributed by atoms with Crippen molar-refractivity contribution in [2.75, 3.05) is 22.1 Å². The van der Waals surface area contributed by atoms with E-state index in [1.54, 1.807) is 0 Å². The number of alkyl halides is 6. The Hall–Kier alpha value is -6.56.